The van der Waals surface area contributed by atoms with Crippen LogP contribution < -0.4 is 5.73 Å². The lowest BCUT2D eigenvalue weighted by Gasteiger charge is -2.13. The summed E-state index contributed by atoms with van der Waals surface area (Å²) in [7, 11) is 0. The van der Waals surface area contributed by atoms with Gasteiger partial charge >= 0.3 is 12.4 Å². The molecule has 0 aromatic carbocycles. The summed E-state index contributed by atoms with van der Waals surface area (Å²) in [4.78, 5) is 9.86. The van der Waals surface area contributed by atoms with Gasteiger partial charge < -0.3 is 5.73 Å². The summed E-state index contributed by atoms with van der Waals surface area (Å²) < 4.78 is 76.4. The number of pyridine rings is 1. The van der Waals surface area contributed by atoms with E-state index in [1.165, 1.54) is 0 Å². The fourth-order valence-corrected chi connectivity index (χ4v) is 1.59. The maximum absolute atomic E-state index is 12.8. The second-order valence-corrected chi connectivity index (χ2v) is 3.91. The number of anilines is 1. The van der Waals surface area contributed by atoms with E-state index in [4.69, 9.17) is 5.73 Å². The zero-order valence-corrected chi connectivity index (χ0v) is 10.00. The summed E-state index contributed by atoms with van der Waals surface area (Å²) in [6, 6.07) is 1.03. The molecule has 0 atom stereocenters. The third-order valence-corrected chi connectivity index (χ3v) is 2.44. The Balaban J connectivity index is 2.66. The molecule has 2 rings (SSSR count). The van der Waals surface area contributed by atoms with Gasteiger partial charge in [-0.25, -0.2) is 9.97 Å². The fourth-order valence-electron chi connectivity index (χ4n) is 1.59. The van der Waals surface area contributed by atoms with Crippen LogP contribution >= 0.6 is 0 Å². The minimum absolute atomic E-state index is 0.391. The van der Waals surface area contributed by atoms with Gasteiger partial charge in [0.15, 0.2) is 5.69 Å². The summed E-state index contributed by atoms with van der Waals surface area (Å²) in [5.41, 5.74) is 1.33. The summed E-state index contributed by atoms with van der Waals surface area (Å²) >= 11 is 0. The molecule has 2 aromatic heterocycles. The minimum atomic E-state index is -4.85. The van der Waals surface area contributed by atoms with Crippen LogP contribution in [0.1, 0.15) is 11.3 Å². The average molecular weight is 308 g/mol. The molecule has 0 fully saturated rings. The molecule has 0 aliphatic heterocycles. The number of hydrogen-bond donors (Lipinski definition) is 1. The van der Waals surface area contributed by atoms with Crippen LogP contribution in [0.3, 0.4) is 0 Å². The van der Waals surface area contributed by atoms with Gasteiger partial charge in [0.2, 0.25) is 5.95 Å². The molecule has 0 spiro atoms. The summed E-state index contributed by atoms with van der Waals surface area (Å²) in [5, 5.41) is 0. The number of alkyl halides is 6. The van der Waals surface area contributed by atoms with Crippen molar-refractivity contribution in [1.82, 2.24) is 15.0 Å². The van der Waals surface area contributed by atoms with E-state index in [1.54, 1.807) is 0 Å². The molecule has 2 N–H and O–H groups in total. The van der Waals surface area contributed by atoms with Crippen molar-refractivity contribution >= 4 is 5.95 Å². The minimum Gasteiger partial charge on any atom is -0.368 e. The molecule has 0 aliphatic rings. The Labute approximate surface area is 113 Å². The van der Waals surface area contributed by atoms with Crippen LogP contribution in [0.2, 0.25) is 0 Å². The van der Waals surface area contributed by atoms with Crippen molar-refractivity contribution in [2.75, 3.05) is 5.73 Å². The molecular formula is C11H6F6N4. The lowest BCUT2D eigenvalue weighted by molar-refractivity contribution is -0.141. The summed E-state index contributed by atoms with van der Waals surface area (Å²) in [5.74, 6) is -0.781. The van der Waals surface area contributed by atoms with Gasteiger partial charge in [-0.05, 0) is 12.1 Å². The van der Waals surface area contributed by atoms with Gasteiger partial charge in [0, 0.05) is 18.0 Å². The van der Waals surface area contributed by atoms with E-state index in [0.717, 1.165) is 12.4 Å². The summed E-state index contributed by atoms with van der Waals surface area (Å²) in [6.45, 7) is 0. The average Bonchev–Trinajstić information content (AvgIpc) is 2.36. The Morgan fingerprint density at radius 3 is 2.19 bits per heavy atom. The number of halogens is 6. The van der Waals surface area contributed by atoms with Crippen LogP contribution in [0.15, 0.2) is 24.5 Å². The summed E-state index contributed by atoms with van der Waals surface area (Å²) in [6.07, 6.45) is -7.98. The number of aromatic nitrogens is 3. The first-order chi connectivity index (χ1) is 9.59. The quantitative estimate of drug-likeness (QED) is 0.822. The zero-order valence-electron chi connectivity index (χ0n) is 10.00. The van der Waals surface area contributed by atoms with E-state index in [-0.39, 0.29) is 0 Å². The topological polar surface area (TPSA) is 64.7 Å². The van der Waals surface area contributed by atoms with E-state index in [2.05, 4.69) is 15.0 Å². The number of nitrogens with two attached hydrogens (primary N) is 1. The van der Waals surface area contributed by atoms with E-state index in [9.17, 15) is 26.3 Å². The maximum atomic E-state index is 12.8. The predicted molar refractivity (Wildman–Crippen MR) is 59.7 cm³/mol. The van der Waals surface area contributed by atoms with E-state index in [0.29, 0.717) is 12.1 Å². The molecule has 112 valence electrons. The van der Waals surface area contributed by atoms with E-state index >= 15 is 0 Å². The maximum Gasteiger partial charge on any atom is 0.433 e. The zero-order chi connectivity index (χ0) is 15.8. The fraction of sp³-hybridized carbons (Fsp3) is 0.182. The number of rotatable bonds is 1. The second kappa shape index (κ2) is 4.86. The first-order valence-corrected chi connectivity index (χ1v) is 5.32. The van der Waals surface area contributed by atoms with Crippen molar-refractivity contribution in [2.24, 2.45) is 0 Å². The van der Waals surface area contributed by atoms with Crippen LogP contribution in [0.4, 0.5) is 32.3 Å². The highest BCUT2D eigenvalue weighted by Crippen LogP contribution is 2.37. The molecule has 0 bridgehead atoms. The first-order valence-electron chi connectivity index (χ1n) is 5.32. The van der Waals surface area contributed by atoms with Gasteiger partial charge in [0.25, 0.3) is 0 Å². The van der Waals surface area contributed by atoms with Crippen LogP contribution in [0.5, 0.6) is 0 Å². The van der Waals surface area contributed by atoms with Crippen LogP contribution in [0, 0.1) is 0 Å². The third-order valence-electron chi connectivity index (χ3n) is 2.44. The molecule has 0 radical (unpaired) electrons. The number of hydrogen-bond acceptors (Lipinski definition) is 4. The normalized spacial score (nSPS) is 12.5. The smallest absolute Gasteiger partial charge is 0.368 e. The lowest BCUT2D eigenvalue weighted by Crippen LogP contribution is -2.13. The Morgan fingerprint density at radius 1 is 0.952 bits per heavy atom. The van der Waals surface area contributed by atoms with Gasteiger partial charge in [-0.3, -0.25) is 4.98 Å². The van der Waals surface area contributed by atoms with Gasteiger partial charge in [0.1, 0.15) is 0 Å². The lowest BCUT2D eigenvalue weighted by atomic mass is 10.1. The molecule has 0 unspecified atom stereocenters. The third kappa shape index (κ3) is 3.20. The van der Waals surface area contributed by atoms with E-state index in [1.807, 2.05) is 0 Å². The molecule has 10 heteroatoms. The van der Waals surface area contributed by atoms with Crippen molar-refractivity contribution in [3.63, 3.8) is 0 Å². The Hall–Kier alpha value is -2.39. The SMILES string of the molecule is Nc1nc(-c2cnccc2C(F)(F)F)cc(C(F)(F)F)n1. The van der Waals surface area contributed by atoms with Crippen molar-refractivity contribution < 1.29 is 26.3 Å². The molecular weight excluding hydrogens is 302 g/mol. The molecule has 2 aromatic rings. The van der Waals surface area contributed by atoms with Crippen LogP contribution in [0.25, 0.3) is 11.3 Å². The van der Waals surface area contributed by atoms with Crippen LogP contribution in [-0.4, -0.2) is 15.0 Å². The molecule has 21 heavy (non-hydrogen) atoms. The number of nitrogens with zero attached hydrogens (tertiary/aromatic N) is 3. The molecule has 0 saturated heterocycles. The van der Waals surface area contributed by atoms with E-state index < -0.39 is 40.8 Å². The molecule has 0 amide bonds. The van der Waals surface area contributed by atoms with Crippen molar-refractivity contribution in [2.45, 2.75) is 12.4 Å². The highest BCUT2D eigenvalue weighted by molar-refractivity contribution is 5.64. The number of nitrogen functional groups attached to an aromatic ring is 1. The molecule has 4 nitrogen and oxygen atoms in total. The van der Waals surface area contributed by atoms with Crippen LogP contribution in [-0.2, 0) is 12.4 Å². The molecule has 0 saturated carbocycles. The molecule has 2 heterocycles. The van der Waals surface area contributed by atoms with Crippen molar-refractivity contribution in [1.29, 1.82) is 0 Å². The molecule has 0 aliphatic carbocycles. The first kappa shape index (κ1) is 15.0. The van der Waals surface area contributed by atoms with Gasteiger partial charge in [-0.2, -0.15) is 26.3 Å². The van der Waals surface area contributed by atoms with Gasteiger partial charge in [0.05, 0.1) is 11.3 Å². The standard InChI is InChI=1S/C11H6F6N4/c12-10(13,14)6-1-2-19-4-5(6)7-3-8(11(15,16)17)21-9(18)20-7/h1-4H,(H2,18,20,21). The Kier molecular flexibility index (Phi) is 3.47. The second-order valence-electron chi connectivity index (χ2n) is 3.91. The predicted octanol–water partition coefficient (Wildman–Crippen LogP) is 3.16. The van der Waals surface area contributed by atoms with Gasteiger partial charge in [-0.1, -0.05) is 0 Å². The van der Waals surface area contributed by atoms with Crippen molar-refractivity contribution in [3.8, 4) is 11.3 Å². The van der Waals surface area contributed by atoms with Crippen molar-refractivity contribution in [3.05, 3.63) is 35.8 Å². The Bertz CT molecular complexity index is 664. The Morgan fingerprint density at radius 2 is 1.62 bits per heavy atom. The highest BCUT2D eigenvalue weighted by Gasteiger charge is 2.36. The monoisotopic (exact) mass is 308 g/mol. The largest absolute Gasteiger partial charge is 0.433 e. The van der Waals surface area contributed by atoms with Gasteiger partial charge in [-0.15, -0.1) is 0 Å². The highest BCUT2D eigenvalue weighted by atomic mass is 19.4.